The molecular weight excluding hydrogens is 471 g/mol. The zero-order chi connectivity index (χ0) is 25.0. The summed E-state index contributed by atoms with van der Waals surface area (Å²) in [6.07, 6.45) is -1.46. The van der Waals surface area contributed by atoms with Crippen molar-refractivity contribution in [3.05, 3.63) is 112 Å². The van der Waals surface area contributed by atoms with Crippen molar-refractivity contribution in [1.82, 2.24) is 4.98 Å². The maximum atomic E-state index is 13.4. The Morgan fingerprint density at radius 1 is 1.00 bits per heavy atom. The first-order chi connectivity index (χ1) is 16.7. The minimum absolute atomic E-state index is 0.0285. The van der Waals surface area contributed by atoms with Gasteiger partial charge in [0.15, 0.2) is 5.78 Å². The summed E-state index contributed by atoms with van der Waals surface area (Å²) < 4.78 is 46.0. The Morgan fingerprint density at radius 3 is 2.43 bits per heavy atom. The molecule has 0 fully saturated rings. The lowest BCUT2D eigenvalue weighted by atomic mass is 10.1. The van der Waals surface area contributed by atoms with Crippen LogP contribution in [0.3, 0.4) is 0 Å². The van der Waals surface area contributed by atoms with E-state index in [0.29, 0.717) is 28.5 Å². The lowest BCUT2D eigenvalue weighted by Crippen LogP contribution is -2.06. The van der Waals surface area contributed by atoms with E-state index in [0.717, 1.165) is 28.5 Å². The number of aromatic nitrogens is 1. The molecule has 0 aliphatic rings. The number of aryl methyl sites for hydroxylation is 2. The third-order valence-corrected chi connectivity index (χ3v) is 6.53. The highest BCUT2D eigenvalue weighted by atomic mass is 32.1. The number of ether oxygens (including phenoxy) is 1. The molecule has 0 atom stereocenters. The van der Waals surface area contributed by atoms with E-state index in [1.54, 1.807) is 37.3 Å². The Hall–Kier alpha value is -3.71. The molecule has 1 aromatic heterocycles. The standard InChI is InChI=1S/C28H22F3NO2S/c1-18-16-21(12-14-25(18)34-17-20-8-4-3-5-9-20)24(33)13-15-26-19(2)32-27(35-26)22-10-6-7-11-23(22)28(29,30)31/h3-16H,17H2,1-2H3/b15-13+. The molecule has 0 N–H and O–H groups in total. The number of halogens is 3. The van der Waals surface area contributed by atoms with Crippen molar-refractivity contribution in [2.24, 2.45) is 0 Å². The van der Waals surface area contributed by atoms with E-state index >= 15 is 0 Å². The molecule has 4 rings (SSSR count). The highest BCUT2D eigenvalue weighted by molar-refractivity contribution is 7.16. The number of carbonyl (C=O) groups is 1. The average Bonchev–Trinajstić information content (AvgIpc) is 3.22. The van der Waals surface area contributed by atoms with Crippen molar-refractivity contribution in [2.75, 3.05) is 0 Å². The van der Waals surface area contributed by atoms with Gasteiger partial charge < -0.3 is 4.74 Å². The van der Waals surface area contributed by atoms with E-state index in [2.05, 4.69) is 4.98 Å². The Morgan fingerprint density at radius 2 is 1.71 bits per heavy atom. The second-order valence-electron chi connectivity index (χ2n) is 7.96. The number of nitrogens with zero attached hydrogens (tertiary/aromatic N) is 1. The molecule has 0 radical (unpaired) electrons. The SMILES string of the molecule is Cc1cc(C(=O)/C=C/c2sc(-c3ccccc3C(F)(F)F)nc2C)ccc1OCc1ccccc1. The zero-order valence-electron chi connectivity index (χ0n) is 19.1. The molecule has 0 unspecified atom stereocenters. The summed E-state index contributed by atoms with van der Waals surface area (Å²) >= 11 is 1.12. The first-order valence-corrected chi connectivity index (χ1v) is 11.7. The average molecular weight is 494 g/mol. The van der Waals surface area contributed by atoms with Crippen molar-refractivity contribution in [3.8, 4) is 16.3 Å². The largest absolute Gasteiger partial charge is 0.489 e. The second kappa shape index (κ2) is 10.3. The molecule has 0 bridgehead atoms. The summed E-state index contributed by atoms with van der Waals surface area (Å²) in [4.78, 5) is 17.7. The van der Waals surface area contributed by atoms with E-state index in [1.807, 2.05) is 37.3 Å². The molecule has 0 aliphatic heterocycles. The van der Waals surface area contributed by atoms with Crippen molar-refractivity contribution in [2.45, 2.75) is 26.6 Å². The number of ketones is 1. The molecule has 0 aliphatic carbocycles. The maximum absolute atomic E-state index is 13.4. The predicted octanol–water partition coefficient (Wildman–Crippen LogP) is 7.92. The number of hydrogen-bond donors (Lipinski definition) is 0. The molecule has 0 spiro atoms. The lowest BCUT2D eigenvalue weighted by molar-refractivity contribution is -0.137. The van der Waals surface area contributed by atoms with E-state index < -0.39 is 11.7 Å². The van der Waals surface area contributed by atoms with Gasteiger partial charge in [0.25, 0.3) is 0 Å². The summed E-state index contributed by atoms with van der Waals surface area (Å²) in [5, 5.41) is 0.262. The van der Waals surface area contributed by atoms with Gasteiger partial charge in [0.05, 0.1) is 16.1 Å². The predicted molar refractivity (Wildman–Crippen MR) is 133 cm³/mol. The molecule has 7 heteroatoms. The van der Waals surface area contributed by atoms with Crippen LogP contribution < -0.4 is 4.74 Å². The first kappa shape index (κ1) is 24.4. The van der Waals surface area contributed by atoms with Crippen LogP contribution in [-0.4, -0.2) is 10.8 Å². The van der Waals surface area contributed by atoms with E-state index in [9.17, 15) is 18.0 Å². The number of carbonyl (C=O) groups excluding carboxylic acids is 1. The number of thiazole rings is 1. The zero-order valence-corrected chi connectivity index (χ0v) is 19.9. The topological polar surface area (TPSA) is 39.2 Å². The number of hydrogen-bond acceptors (Lipinski definition) is 4. The summed E-state index contributed by atoms with van der Waals surface area (Å²) in [6, 6.07) is 20.4. The molecule has 35 heavy (non-hydrogen) atoms. The van der Waals surface area contributed by atoms with E-state index in [-0.39, 0.29) is 16.4 Å². The smallest absolute Gasteiger partial charge is 0.417 e. The lowest BCUT2D eigenvalue weighted by Gasteiger charge is -2.10. The molecule has 0 saturated carbocycles. The van der Waals surface area contributed by atoms with Gasteiger partial charge in [0.2, 0.25) is 0 Å². The maximum Gasteiger partial charge on any atom is 0.417 e. The molecular formula is C28H22F3NO2S. The van der Waals surface area contributed by atoms with Gasteiger partial charge in [-0.05, 0) is 61.4 Å². The minimum Gasteiger partial charge on any atom is -0.489 e. The van der Waals surface area contributed by atoms with Crippen LogP contribution in [0.25, 0.3) is 16.6 Å². The molecule has 4 aromatic rings. The molecule has 3 nitrogen and oxygen atoms in total. The van der Waals surface area contributed by atoms with Gasteiger partial charge in [0.1, 0.15) is 17.4 Å². The summed E-state index contributed by atoms with van der Waals surface area (Å²) in [7, 11) is 0. The molecule has 1 heterocycles. The van der Waals surface area contributed by atoms with E-state index in [4.69, 9.17) is 4.74 Å². The quantitative estimate of drug-likeness (QED) is 0.194. The fourth-order valence-corrected chi connectivity index (χ4v) is 4.55. The van der Waals surface area contributed by atoms with Gasteiger partial charge in [-0.3, -0.25) is 4.79 Å². The summed E-state index contributed by atoms with van der Waals surface area (Å²) in [5.41, 5.74) is 2.24. The van der Waals surface area contributed by atoms with Crippen LogP contribution in [-0.2, 0) is 12.8 Å². The molecule has 178 valence electrons. The highest BCUT2D eigenvalue weighted by Gasteiger charge is 2.34. The third-order valence-electron chi connectivity index (χ3n) is 5.38. The highest BCUT2D eigenvalue weighted by Crippen LogP contribution is 2.39. The third kappa shape index (κ3) is 5.87. The van der Waals surface area contributed by atoms with Crippen LogP contribution in [0.15, 0.2) is 78.9 Å². The van der Waals surface area contributed by atoms with Gasteiger partial charge in [-0.15, -0.1) is 11.3 Å². The van der Waals surface area contributed by atoms with Crippen molar-refractivity contribution >= 4 is 23.2 Å². The fraction of sp³-hybridized carbons (Fsp3) is 0.143. The monoisotopic (exact) mass is 493 g/mol. The van der Waals surface area contributed by atoms with Crippen LogP contribution in [0.5, 0.6) is 5.75 Å². The second-order valence-corrected chi connectivity index (χ2v) is 8.99. The Kier molecular flexibility index (Phi) is 7.17. The fourth-order valence-electron chi connectivity index (χ4n) is 3.54. The summed E-state index contributed by atoms with van der Waals surface area (Å²) in [6.45, 7) is 4.02. The molecule has 3 aromatic carbocycles. The van der Waals surface area contributed by atoms with E-state index in [1.165, 1.54) is 18.2 Å². The van der Waals surface area contributed by atoms with Crippen LogP contribution >= 0.6 is 11.3 Å². The molecule has 0 amide bonds. The number of benzene rings is 3. The Bertz CT molecular complexity index is 1370. The number of alkyl halides is 3. The molecule has 0 saturated heterocycles. The van der Waals surface area contributed by atoms with Crippen molar-refractivity contribution in [3.63, 3.8) is 0 Å². The summed E-state index contributed by atoms with van der Waals surface area (Å²) in [5.74, 6) is 0.480. The van der Waals surface area contributed by atoms with Gasteiger partial charge in [-0.25, -0.2) is 4.98 Å². The van der Waals surface area contributed by atoms with Gasteiger partial charge in [0, 0.05) is 11.1 Å². The van der Waals surface area contributed by atoms with Gasteiger partial charge >= 0.3 is 6.18 Å². The van der Waals surface area contributed by atoms with Crippen molar-refractivity contribution < 1.29 is 22.7 Å². The normalized spacial score (nSPS) is 11.7. The van der Waals surface area contributed by atoms with Crippen LogP contribution in [0.2, 0.25) is 0 Å². The van der Waals surface area contributed by atoms with Crippen LogP contribution in [0.1, 0.15) is 37.6 Å². The first-order valence-electron chi connectivity index (χ1n) is 10.9. The van der Waals surface area contributed by atoms with Gasteiger partial charge in [-0.2, -0.15) is 13.2 Å². The van der Waals surface area contributed by atoms with Crippen molar-refractivity contribution in [1.29, 1.82) is 0 Å². The van der Waals surface area contributed by atoms with Crippen LogP contribution in [0.4, 0.5) is 13.2 Å². The number of allylic oxidation sites excluding steroid dienone is 1. The van der Waals surface area contributed by atoms with Gasteiger partial charge in [-0.1, -0.05) is 48.5 Å². The Balaban J connectivity index is 1.49. The Labute approximate surface area is 205 Å². The minimum atomic E-state index is -4.48. The van der Waals surface area contributed by atoms with Crippen LogP contribution in [0, 0.1) is 13.8 Å². The number of rotatable bonds is 7.